The van der Waals surface area contributed by atoms with Crippen molar-refractivity contribution >= 4 is 0 Å². The van der Waals surface area contributed by atoms with Crippen LogP contribution < -0.4 is 5.32 Å². The monoisotopic (exact) mass is 1460 g/mol. The summed E-state index contributed by atoms with van der Waals surface area (Å²) < 4.78 is 0. The van der Waals surface area contributed by atoms with E-state index in [1.54, 1.807) is 0 Å². The maximum atomic E-state index is 3.41. The summed E-state index contributed by atoms with van der Waals surface area (Å²) in [6, 6.07) is 3.95. The highest BCUT2D eigenvalue weighted by Gasteiger charge is 2.45. The SMILES string of the molecule is CC(C)(C)N1CCCCC1.CC(C)(C)N1CCN2CCCC2C1.CC1CN(C(C)(C)C)CCN1C.CC1CN(C)CCN1C(C)(C)C.CN(C)CCN(C)C(C)(C)C.CN(C)CCNC(C)(C)C.CN1CC2CC1CN2C(C)(C)C.CN1CCN(C(C)(C)C)CC1.CN1CCN(CC(C)(C)C)CC1. The third kappa shape index (κ3) is 43.6. The molecule has 9 aliphatic heterocycles. The molecule has 17 heteroatoms. The van der Waals surface area contributed by atoms with Gasteiger partial charge in [0.05, 0.1) is 0 Å². The molecule has 0 aromatic rings. The number of likely N-dealkylation sites (tertiary alicyclic amines) is 3. The van der Waals surface area contributed by atoms with Gasteiger partial charge in [0.25, 0.3) is 0 Å². The van der Waals surface area contributed by atoms with Crippen LogP contribution in [0.25, 0.3) is 0 Å². The normalized spacial score (nSPS) is 25.4. The number of hydrogen-bond acceptors (Lipinski definition) is 17. The van der Waals surface area contributed by atoms with Gasteiger partial charge in [0.1, 0.15) is 0 Å². The zero-order valence-corrected chi connectivity index (χ0v) is 77.4. The van der Waals surface area contributed by atoms with Gasteiger partial charge in [-0.05, 0) is 308 Å². The minimum Gasteiger partial charge on any atom is -0.311 e. The molecular formula is C86H189N17. The highest BCUT2D eigenvalue weighted by Crippen LogP contribution is 2.35. The maximum Gasteiger partial charge on any atom is 0.0244 e. The molecule has 9 fully saturated rings. The Morgan fingerprint density at radius 2 is 0.786 bits per heavy atom. The quantitative estimate of drug-likeness (QED) is 0.263. The van der Waals surface area contributed by atoms with E-state index in [9.17, 15) is 0 Å². The van der Waals surface area contributed by atoms with Crippen molar-refractivity contribution in [3.8, 4) is 0 Å². The Morgan fingerprint density at radius 1 is 0.340 bits per heavy atom. The number of likely N-dealkylation sites (N-methyl/N-ethyl adjacent to an activating group) is 8. The summed E-state index contributed by atoms with van der Waals surface area (Å²) in [5, 5.41) is 3.41. The third-order valence-corrected chi connectivity index (χ3v) is 22.8. The molecule has 0 aromatic carbocycles. The van der Waals surface area contributed by atoms with E-state index in [-0.39, 0.29) is 5.54 Å². The molecule has 103 heavy (non-hydrogen) atoms. The molecule has 5 unspecified atom stereocenters. The average molecular weight is 1460 g/mol. The lowest BCUT2D eigenvalue weighted by atomic mass is 9.96. The van der Waals surface area contributed by atoms with Crippen LogP contribution in [0.5, 0.6) is 0 Å². The molecule has 0 saturated carbocycles. The topological polar surface area (TPSA) is 63.9 Å². The van der Waals surface area contributed by atoms with Gasteiger partial charge < -0.3 is 49.4 Å². The van der Waals surface area contributed by atoms with Gasteiger partial charge >= 0.3 is 0 Å². The van der Waals surface area contributed by atoms with Crippen LogP contribution in [-0.2, 0) is 0 Å². The van der Waals surface area contributed by atoms with Gasteiger partial charge in [0.2, 0.25) is 0 Å². The van der Waals surface area contributed by atoms with Crippen molar-refractivity contribution in [2.45, 2.75) is 314 Å². The molecule has 0 amide bonds. The number of rotatable bonds is 7. The van der Waals surface area contributed by atoms with Crippen LogP contribution in [0, 0.1) is 5.41 Å². The molecule has 9 heterocycles. The Bertz CT molecular complexity index is 2130. The fraction of sp³-hybridized carbons (Fsp3) is 1.00. The number of piperidine rings is 1. The Labute approximate surface area is 646 Å². The molecule has 618 valence electrons. The Balaban J connectivity index is 0.000000580. The fourth-order valence-corrected chi connectivity index (χ4v) is 15.1. The van der Waals surface area contributed by atoms with Crippen molar-refractivity contribution in [3.63, 3.8) is 0 Å². The minimum atomic E-state index is 0.260. The van der Waals surface area contributed by atoms with Crippen LogP contribution in [0.2, 0.25) is 0 Å². The molecule has 5 atom stereocenters. The van der Waals surface area contributed by atoms with Gasteiger partial charge in [0.15, 0.2) is 0 Å². The first-order valence-electron chi connectivity index (χ1n) is 41.9. The van der Waals surface area contributed by atoms with E-state index < -0.39 is 0 Å². The van der Waals surface area contributed by atoms with Crippen LogP contribution in [-0.4, -0.2) is 400 Å². The lowest BCUT2D eigenvalue weighted by Gasteiger charge is -2.45. The minimum absolute atomic E-state index is 0.260. The first-order valence-corrected chi connectivity index (χ1v) is 41.9. The molecule has 0 aromatic heterocycles. The van der Waals surface area contributed by atoms with Crippen LogP contribution in [0.1, 0.15) is 239 Å². The summed E-state index contributed by atoms with van der Waals surface area (Å²) in [6.45, 7) is 99.5. The Hall–Kier alpha value is -0.680. The van der Waals surface area contributed by atoms with Crippen molar-refractivity contribution in [3.05, 3.63) is 0 Å². The average Bonchev–Trinajstić information content (AvgIpc) is 1.63. The van der Waals surface area contributed by atoms with Gasteiger partial charge in [-0.2, -0.15) is 0 Å². The van der Waals surface area contributed by atoms with Crippen molar-refractivity contribution in [2.24, 2.45) is 5.41 Å². The van der Waals surface area contributed by atoms with E-state index >= 15 is 0 Å². The van der Waals surface area contributed by atoms with Gasteiger partial charge in [-0.15, -0.1) is 0 Å². The summed E-state index contributed by atoms with van der Waals surface area (Å²) in [6.07, 6.45) is 8.48. The van der Waals surface area contributed by atoms with Crippen molar-refractivity contribution < 1.29 is 0 Å². The zero-order valence-electron chi connectivity index (χ0n) is 77.4. The molecular weight excluding hydrogens is 1270 g/mol. The van der Waals surface area contributed by atoms with E-state index in [1.807, 2.05) is 0 Å². The van der Waals surface area contributed by atoms with Crippen molar-refractivity contribution in [1.82, 2.24) is 83.7 Å². The number of nitrogens with one attached hydrogen (secondary N) is 1. The molecule has 9 aliphatic rings. The van der Waals surface area contributed by atoms with Gasteiger partial charge in [-0.25, -0.2) is 0 Å². The van der Waals surface area contributed by atoms with Crippen LogP contribution >= 0.6 is 0 Å². The summed E-state index contributed by atoms with van der Waals surface area (Å²) in [7, 11) is 21.6. The van der Waals surface area contributed by atoms with E-state index in [2.05, 4.69) is 355 Å². The second-order valence-electron chi connectivity index (χ2n) is 42.9. The van der Waals surface area contributed by atoms with Gasteiger partial charge in [0, 0.05) is 232 Å². The fourth-order valence-electron chi connectivity index (χ4n) is 15.1. The van der Waals surface area contributed by atoms with Crippen molar-refractivity contribution in [2.75, 3.05) is 247 Å². The lowest BCUT2D eigenvalue weighted by molar-refractivity contribution is 0.0275. The van der Waals surface area contributed by atoms with E-state index in [0.29, 0.717) is 56.3 Å². The molecule has 2 bridgehead atoms. The van der Waals surface area contributed by atoms with Crippen LogP contribution in [0.4, 0.5) is 0 Å². The number of hydrogen-bond donors (Lipinski definition) is 1. The Morgan fingerprint density at radius 3 is 1.17 bits per heavy atom. The molecule has 1 N–H and O–H groups in total. The highest BCUT2D eigenvalue weighted by molar-refractivity contribution is 5.02. The lowest BCUT2D eigenvalue weighted by Crippen LogP contribution is -2.57. The van der Waals surface area contributed by atoms with E-state index in [0.717, 1.165) is 44.3 Å². The predicted molar refractivity (Wildman–Crippen MR) is 459 cm³/mol. The van der Waals surface area contributed by atoms with Gasteiger partial charge in [-0.1, -0.05) is 27.2 Å². The second-order valence-corrected chi connectivity index (χ2v) is 42.9. The van der Waals surface area contributed by atoms with E-state index in [1.165, 1.54) is 189 Å². The van der Waals surface area contributed by atoms with E-state index in [4.69, 9.17) is 0 Å². The molecule has 9 rings (SSSR count). The highest BCUT2D eigenvalue weighted by atomic mass is 15.4. The van der Waals surface area contributed by atoms with Crippen LogP contribution in [0.3, 0.4) is 0 Å². The summed E-state index contributed by atoms with van der Waals surface area (Å²) in [5.41, 5.74) is 3.20. The summed E-state index contributed by atoms with van der Waals surface area (Å²) in [5.74, 6) is 0. The smallest absolute Gasteiger partial charge is 0.0244 e. The molecule has 0 spiro atoms. The standard InChI is InChI=1S/C11H22N2.C10H20N2.3C10H22N2.C9H20N2.C9H22N2.C9H19N.C8H20N2/c1-11(2,3)13-8-7-12-6-4-5-10(12)9-13;1-10(2,3)12-7-8-5-9(12)6-11(8)4;1-9-8-12(10(2,3)4)7-6-11(9)5;1-9-8-11(5)6-7-12(9)10(2,3)4;1-10(2,3)9-12-7-5-11(4)6-8-12;1-9(2,3)11-7-5-10(4)6-8-11;1-9(2,3)11(6)8-7-10(4)5;1-9(2,3)10-7-5-4-6-8-10;1-8(2,3)9-6-7-10(4)5/h10H,4-9H2,1-3H3;8-9H,5-7H2,1-4H3;2*9H,6-8H2,1-5H3;5-9H2,1-4H3;5-8H2,1-4H3;7-8H2,1-6H3;4-8H2,1-3H3;9H,6-7H2,1-5H3. The van der Waals surface area contributed by atoms with Crippen molar-refractivity contribution in [1.29, 1.82) is 0 Å². The maximum absolute atomic E-state index is 3.41. The largest absolute Gasteiger partial charge is 0.311 e. The number of nitrogens with zero attached hydrogens (tertiary/aromatic N) is 16. The van der Waals surface area contributed by atoms with Crippen LogP contribution in [0.15, 0.2) is 0 Å². The molecule has 0 aliphatic carbocycles. The third-order valence-electron chi connectivity index (χ3n) is 22.8. The molecule has 17 nitrogen and oxygen atoms in total. The van der Waals surface area contributed by atoms with Gasteiger partial charge in [-0.3, -0.25) is 34.3 Å². The number of fused-ring (bicyclic) bond motifs is 3. The molecule has 9 saturated heterocycles. The second kappa shape index (κ2) is 45.1. The first-order chi connectivity index (χ1) is 46.7. The Kier molecular flexibility index (Phi) is 44.0. The summed E-state index contributed by atoms with van der Waals surface area (Å²) in [4.78, 5) is 39.7. The zero-order chi connectivity index (χ0) is 79.7. The predicted octanol–water partition coefficient (Wildman–Crippen LogP) is 12.4. The first kappa shape index (κ1) is 100. The number of piperazine rings is 6. The summed E-state index contributed by atoms with van der Waals surface area (Å²) >= 11 is 0. The molecule has 0 radical (unpaired) electrons.